The minimum atomic E-state index is -0.445. The van der Waals surface area contributed by atoms with E-state index in [1.807, 2.05) is 25.1 Å². The number of halogens is 3. The Hall–Kier alpha value is -2.17. The van der Waals surface area contributed by atoms with Crippen LogP contribution < -0.4 is 5.32 Å². The van der Waals surface area contributed by atoms with Gasteiger partial charge in [-0.1, -0.05) is 42.3 Å². The van der Waals surface area contributed by atoms with Gasteiger partial charge in [0.2, 0.25) is 0 Å². The molecule has 3 rings (SSSR count). The Balaban J connectivity index is 2.23. The molecule has 26 heavy (non-hydrogen) atoms. The van der Waals surface area contributed by atoms with Crippen molar-refractivity contribution in [3.63, 3.8) is 0 Å². The van der Waals surface area contributed by atoms with Gasteiger partial charge in [-0.15, -0.1) is 0 Å². The van der Waals surface area contributed by atoms with Crippen molar-refractivity contribution in [1.29, 1.82) is 0 Å². The van der Waals surface area contributed by atoms with Crippen molar-refractivity contribution in [2.45, 2.75) is 26.3 Å². The molecule has 0 radical (unpaired) electrons. The lowest BCUT2D eigenvalue weighted by molar-refractivity contribution is 0.631. The minimum Gasteiger partial charge on any atom is -0.367 e. The molecule has 0 aliphatic heterocycles. The van der Waals surface area contributed by atoms with Crippen LogP contribution in [-0.4, -0.2) is 16.0 Å². The molecule has 0 aliphatic rings. The van der Waals surface area contributed by atoms with Crippen molar-refractivity contribution in [3.8, 4) is 22.5 Å². The molecule has 3 nitrogen and oxygen atoms in total. The highest BCUT2D eigenvalue weighted by Gasteiger charge is 2.21. The summed E-state index contributed by atoms with van der Waals surface area (Å²) in [5.74, 6) is 0.0403. The van der Waals surface area contributed by atoms with Crippen LogP contribution in [0.3, 0.4) is 0 Å². The highest BCUT2D eigenvalue weighted by molar-refractivity contribution is 6.37. The number of hydrogen-bond donors (Lipinski definition) is 1. The summed E-state index contributed by atoms with van der Waals surface area (Å²) in [5, 5.41) is 3.96. The first-order valence-electron chi connectivity index (χ1n) is 8.34. The second-order valence-corrected chi connectivity index (χ2v) is 6.79. The van der Waals surface area contributed by atoms with Gasteiger partial charge in [0.1, 0.15) is 11.6 Å². The lowest BCUT2D eigenvalue weighted by Gasteiger charge is -2.19. The second-order valence-electron chi connectivity index (χ2n) is 5.98. The van der Waals surface area contributed by atoms with E-state index in [1.54, 1.807) is 24.4 Å². The van der Waals surface area contributed by atoms with Gasteiger partial charge in [0, 0.05) is 23.4 Å². The number of benzene rings is 1. The summed E-state index contributed by atoms with van der Waals surface area (Å²) in [6.45, 7) is 4.08. The number of pyridine rings is 2. The van der Waals surface area contributed by atoms with Crippen molar-refractivity contribution < 1.29 is 4.39 Å². The maximum absolute atomic E-state index is 14.5. The van der Waals surface area contributed by atoms with E-state index in [4.69, 9.17) is 23.2 Å². The van der Waals surface area contributed by atoms with E-state index in [-0.39, 0.29) is 16.6 Å². The van der Waals surface area contributed by atoms with Crippen molar-refractivity contribution in [2.75, 3.05) is 5.32 Å². The molecule has 0 saturated heterocycles. The Morgan fingerprint density at radius 2 is 1.85 bits per heavy atom. The number of rotatable bonds is 5. The van der Waals surface area contributed by atoms with Crippen molar-refractivity contribution in [1.82, 2.24) is 9.97 Å². The maximum atomic E-state index is 14.5. The second kappa shape index (κ2) is 8.02. The van der Waals surface area contributed by atoms with E-state index in [2.05, 4.69) is 22.2 Å². The molecule has 0 fully saturated rings. The van der Waals surface area contributed by atoms with Crippen LogP contribution in [0.15, 0.2) is 48.7 Å². The Bertz CT molecular complexity index is 896. The van der Waals surface area contributed by atoms with Crippen LogP contribution in [0.5, 0.6) is 0 Å². The Morgan fingerprint density at radius 1 is 1.04 bits per heavy atom. The fourth-order valence-corrected chi connectivity index (χ4v) is 3.12. The van der Waals surface area contributed by atoms with Crippen LogP contribution >= 0.6 is 23.2 Å². The summed E-state index contributed by atoms with van der Waals surface area (Å²) in [4.78, 5) is 8.99. The molecule has 1 unspecified atom stereocenters. The van der Waals surface area contributed by atoms with Crippen LogP contribution in [0.1, 0.15) is 20.3 Å². The molecule has 6 heteroatoms. The third kappa shape index (κ3) is 3.81. The van der Waals surface area contributed by atoms with Crippen LogP contribution in [0.4, 0.5) is 10.2 Å². The summed E-state index contributed by atoms with van der Waals surface area (Å²) in [7, 11) is 0. The molecule has 0 bridgehead atoms. The first-order chi connectivity index (χ1) is 12.5. The molecule has 1 atom stereocenters. The van der Waals surface area contributed by atoms with Crippen molar-refractivity contribution in [2.24, 2.45) is 0 Å². The molecular weight excluding hydrogens is 372 g/mol. The van der Waals surface area contributed by atoms with Gasteiger partial charge in [0.25, 0.3) is 0 Å². The predicted molar refractivity (Wildman–Crippen MR) is 106 cm³/mol. The van der Waals surface area contributed by atoms with E-state index in [0.29, 0.717) is 27.8 Å². The minimum absolute atomic E-state index is 0.127. The summed E-state index contributed by atoms with van der Waals surface area (Å²) < 4.78 is 14.5. The third-order valence-electron chi connectivity index (χ3n) is 4.11. The van der Waals surface area contributed by atoms with Gasteiger partial charge in [-0.25, -0.2) is 9.37 Å². The van der Waals surface area contributed by atoms with Gasteiger partial charge in [-0.05, 0) is 43.7 Å². The van der Waals surface area contributed by atoms with Gasteiger partial charge >= 0.3 is 0 Å². The third-order valence-corrected chi connectivity index (χ3v) is 4.72. The van der Waals surface area contributed by atoms with Gasteiger partial charge < -0.3 is 5.32 Å². The lowest BCUT2D eigenvalue weighted by Crippen LogP contribution is -2.16. The molecular formula is C20H18Cl2FN3. The summed E-state index contributed by atoms with van der Waals surface area (Å²) >= 11 is 12.8. The van der Waals surface area contributed by atoms with Gasteiger partial charge in [0.05, 0.1) is 21.4 Å². The molecule has 1 aromatic carbocycles. The summed E-state index contributed by atoms with van der Waals surface area (Å²) in [6.07, 6.45) is 2.56. The fourth-order valence-electron chi connectivity index (χ4n) is 2.57. The van der Waals surface area contributed by atoms with Crippen LogP contribution in [0.2, 0.25) is 10.0 Å². The lowest BCUT2D eigenvalue weighted by atomic mass is 10.0. The first kappa shape index (κ1) is 18.6. The fraction of sp³-hybridized carbons (Fsp3) is 0.200. The molecule has 3 aromatic rings. The molecule has 2 heterocycles. The van der Waals surface area contributed by atoms with Crippen LogP contribution in [-0.2, 0) is 0 Å². The number of anilines is 1. The molecule has 0 amide bonds. The van der Waals surface area contributed by atoms with Gasteiger partial charge in [-0.2, -0.15) is 0 Å². The van der Waals surface area contributed by atoms with Gasteiger partial charge in [0.15, 0.2) is 0 Å². The van der Waals surface area contributed by atoms with E-state index >= 15 is 0 Å². The van der Waals surface area contributed by atoms with E-state index in [1.165, 1.54) is 6.07 Å². The molecule has 0 saturated carbocycles. The molecule has 134 valence electrons. The van der Waals surface area contributed by atoms with Crippen LogP contribution in [0.25, 0.3) is 22.5 Å². The van der Waals surface area contributed by atoms with Crippen LogP contribution in [0, 0.1) is 5.82 Å². The van der Waals surface area contributed by atoms with Crippen molar-refractivity contribution in [3.05, 3.63) is 64.5 Å². The zero-order chi connectivity index (χ0) is 18.7. The number of aromatic nitrogens is 2. The average molecular weight is 390 g/mol. The summed E-state index contributed by atoms with van der Waals surface area (Å²) in [6, 6.07) is 11.9. The monoisotopic (exact) mass is 389 g/mol. The zero-order valence-corrected chi connectivity index (χ0v) is 15.9. The molecule has 1 N–H and O–H groups in total. The van der Waals surface area contributed by atoms with E-state index in [0.717, 1.165) is 6.42 Å². The Morgan fingerprint density at radius 3 is 2.50 bits per heavy atom. The standard InChI is InChI=1S/C20H18Cl2FN3/c1-3-12(2)25-20-19(18-13(21)7-6-8-15(18)23)14(22)11-17(26-20)16-9-4-5-10-24-16/h4-12H,3H2,1-2H3,(H,25,26). The Kier molecular flexibility index (Phi) is 5.74. The van der Waals surface area contributed by atoms with E-state index in [9.17, 15) is 4.39 Å². The molecule has 0 spiro atoms. The topological polar surface area (TPSA) is 37.8 Å². The SMILES string of the molecule is CCC(C)Nc1nc(-c2ccccn2)cc(Cl)c1-c1c(F)cccc1Cl. The average Bonchev–Trinajstić information content (AvgIpc) is 2.63. The number of hydrogen-bond acceptors (Lipinski definition) is 3. The zero-order valence-electron chi connectivity index (χ0n) is 14.4. The molecule has 0 aliphatic carbocycles. The first-order valence-corrected chi connectivity index (χ1v) is 9.09. The summed E-state index contributed by atoms with van der Waals surface area (Å²) in [5.41, 5.74) is 1.99. The normalized spacial score (nSPS) is 12.0. The largest absolute Gasteiger partial charge is 0.367 e. The number of nitrogens with one attached hydrogen (secondary N) is 1. The van der Waals surface area contributed by atoms with E-state index < -0.39 is 5.82 Å². The smallest absolute Gasteiger partial charge is 0.136 e. The highest BCUT2D eigenvalue weighted by Crippen LogP contribution is 2.41. The Labute approximate surface area is 162 Å². The van der Waals surface area contributed by atoms with Crippen molar-refractivity contribution >= 4 is 29.0 Å². The maximum Gasteiger partial charge on any atom is 0.136 e. The predicted octanol–water partition coefficient (Wildman–Crippen LogP) is 6.47. The molecule has 2 aromatic heterocycles. The van der Waals surface area contributed by atoms with Gasteiger partial charge in [-0.3, -0.25) is 4.98 Å². The highest BCUT2D eigenvalue weighted by atomic mass is 35.5. The quantitative estimate of drug-likeness (QED) is 0.543. The number of nitrogens with zero attached hydrogens (tertiary/aromatic N) is 2.